The van der Waals surface area contributed by atoms with Gasteiger partial charge in [-0.1, -0.05) is 35.0 Å². The molecule has 0 radical (unpaired) electrons. The summed E-state index contributed by atoms with van der Waals surface area (Å²) in [7, 11) is -1.39. The summed E-state index contributed by atoms with van der Waals surface area (Å²) in [6, 6.07) is 9.72. The van der Waals surface area contributed by atoms with Gasteiger partial charge in [0.05, 0.1) is 11.4 Å². The molecule has 0 fully saturated rings. The third-order valence-corrected chi connectivity index (χ3v) is 6.31. The van der Waals surface area contributed by atoms with E-state index in [0.717, 1.165) is 16.3 Å². The van der Waals surface area contributed by atoms with Crippen molar-refractivity contribution in [3.8, 4) is 10.6 Å². The lowest BCUT2D eigenvalue weighted by Gasteiger charge is -2.09. The van der Waals surface area contributed by atoms with Gasteiger partial charge >= 0.3 is 0 Å². The largest absolute Gasteiger partial charge is 0.360 e. The fourth-order valence-corrected chi connectivity index (χ4v) is 4.16. The van der Waals surface area contributed by atoms with Gasteiger partial charge < -0.3 is 9.84 Å². The van der Waals surface area contributed by atoms with Gasteiger partial charge in [-0.3, -0.25) is 9.00 Å². The molecule has 8 heteroatoms. The van der Waals surface area contributed by atoms with Crippen LogP contribution in [0.1, 0.15) is 23.9 Å². The van der Waals surface area contributed by atoms with Crippen molar-refractivity contribution in [1.82, 2.24) is 10.1 Å². The van der Waals surface area contributed by atoms with Crippen molar-refractivity contribution in [1.29, 1.82) is 0 Å². The number of anilines is 1. The molecule has 6 nitrogen and oxygen atoms in total. The highest BCUT2D eigenvalue weighted by molar-refractivity contribution is 7.85. The number of benzene rings is 1. The van der Waals surface area contributed by atoms with Crippen molar-refractivity contribution < 1.29 is 13.5 Å². The third kappa shape index (κ3) is 4.44. The van der Waals surface area contributed by atoms with E-state index in [2.05, 4.69) is 15.5 Å². The second kappa shape index (κ2) is 7.92. The average Bonchev–Trinajstić information content (AvgIpc) is 3.24. The molecule has 0 aliphatic rings. The molecule has 0 saturated heterocycles. The number of rotatable bonds is 6. The summed E-state index contributed by atoms with van der Waals surface area (Å²) < 4.78 is 17.4. The molecule has 1 aromatic carbocycles. The van der Waals surface area contributed by atoms with E-state index < -0.39 is 16.0 Å². The number of carbonyl (C=O) groups excluding carboxylic acids is 1. The number of hydrogen-bond donors (Lipinski definition) is 1. The Morgan fingerprint density at radius 2 is 2.04 bits per heavy atom. The van der Waals surface area contributed by atoms with Crippen LogP contribution in [0, 0.1) is 13.8 Å². The fraction of sp³-hybridized carbons (Fsp3) is 0.278. The van der Waals surface area contributed by atoms with Crippen LogP contribution in [0.5, 0.6) is 0 Å². The molecule has 26 heavy (non-hydrogen) atoms. The molecule has 0 saturated carbocycles. The molecule has 0 aliphatic carbocycles. The maximum Gasteiger partial charge on any atom is 0.241 e. The molecule has 136 valence electrons. The van der Waals surface area contributed by atoms with Crippen LogP contribution >= 0.6 is 11.3 Å². The predicted octanol–water partition coefficient (Wildman–Crippen LogP) is 3.69. The summed E-state index contributed by atoms with van der Waals surface area (Å²) in [5.41, 5.74) is 2.94. The van der Waals surface area contributed by atoms with E-state index >= 15 is 0 Å². The van der Waals surface area contributed by atoms with Gasteiger partial charge in [-0.15, -0.1) is 11.3 Å². The van der Waals surface area contributed by atoms with Crippen molar-refractivity contribution in [2.45, 2.75) is 31.8 Å². The lowest BCUT2D eigenvalue weighted by atomic mass is 10.2. The number of hydrogen-bond acceptors (Lipinski definition) is 6. The normalized spacial score (nSPS) is 13.3. The zero-order valence-corrected chi connectivity index (χ0v) is 16.3. The summed E-state index contributed by atoms with van der Waals surface area (Å²) in [6.07, 6.45) is 0. The van der Waals surface area contributed by atoms with Gasteiger partial charge in [-0.05, 0) is 20.8 Å². The molecule has 3 rings (SSSR count). The maximum atomic E-state index is 12.5. The monoisotopic (exact) mass is 389 g/mol. The van der Waals surface area contributed by atoms with E-state index in [0.29, 0.717) is 11.6 Å². The van der Waals surface area contributed by atoms with Gasteiger partial charge in [-0.25, -0.2) is 4.98 Å². The summed E-state index contributed by atoms with van der Waals surface area (Å²) in [5, 5.41) is 8.40. The molecule has 0 aliphatic heterocycles. The summed E-state index contributed by atoms with van der Waals surface area (Å²) in [4.78, 5) is 16.8. The van der Waals surface area contributed by atoms with Crippen molar-refractivity contribution in [3.05, 3.63) is 52.7 Å². The minimum absolute atomic E-state index is 0.231. The average molecular weight is 390 g/mol. The number of carbonyl (C=O) groups is 1. The quantitative estimate of drug-likeness (QED) is 0.695. The van der Waals surface area contributed by atoms with E-state index in [1.807, 2.05) is 36.6 Å². The molecule has 2 heterocycles. The highest BCUT2D eigenvalue weighted by atomic mass is 32.2. The first kappa shape index (κ1) is 18.5. The zero-order valence-electron chi connectivity index (χ0n) is 14.7. The van der Waals surface area contributed by atoms with Crippen molar-refractivity contribution in [2.75, 3.05) is 5.32 Å². The second-order valence-corrected chi connectivity index (χ2v) is 8.60. The molecular weight excluding hydrogens is 370 g/mol. The Bertz CT molecular complexity index is 931. The highest BCUT2D eigenvalue weighted by Gasteiger charge is 2.22. The molecule has 0 spiro atoms. The molecule has 2 aromatic heterocycles. The summed E-state index contributed by atoms with van der Waals surface area (Å²) in [5.74, 6) is 0.798. The van der Waals surface area contributed by atoms with Gasteiger partial charge in [0.25, 0.3) is 0 Å². The third-order valence-electron chi connectivity index (χ3n) is 3.78. The van der Waals surface area contributed by atoms with E-state index in [-0.39, 0.29) is 11.7 Å². The topological polar surface area (TPSA) is 85.1 Å². The van der Waals surface area contributed by atoms with Gasteiger partial charge in [0.2, 0.25) is 5.91 Å². The number of aromatic nitrogens is 2. The van der Waals surface area contributed by atoms with Gasteiger partial charge in [0.15, 0.2) is 5.82 Å². The van der Waals surface area contributed by atoms with E-state index in [1.54, 1.807) is 19.9 Å². The lowest BCUT2D eigenvalue weighted by Crippen LogP contribution is -2.29. The molecule has 2 atom stereocenters. The first-order chi connectivity index (χ1) is 12.4. The summed E-state index contributed by atoms with van der Waals surface area (Å²) >= 11 is 1.51. The van der Waals surface area contributed by atoms with Crippen LogP contribution < -0.4 is 5.32 Å². The number of thiazole rings is 1. The van der Waals surface area contributed by atoms with Crippen LogP contribution in [0.15, 0.2) is 40.2 Å². The molecule has 0 bridgehead atoms. The number of nitrogens with zero attached hydrogens (tertiary/aromatic N) is 2. The Morgan fingerprint density at radius 1 is 1.31 bits per heavy atom. The van der Waals surface area contributed by atoms with Crippen LogP contribution in [0.3, 0.4) is 0 Å². The van der Waals surface area contributed by atoms with Crippen molar-refractivity contribution >= 4 is 33.9 Å². The van der Waals surface area contributed by atoms with Crippen LogP contribution in [0.2, 0.25) is 0 Å². The predicted molar refractivity (Wildman–Crippen MR) is 103 cm³/mol. The van der Waals surface area contributed by atoms with Crippen LogP contribution in [0.25, 0.3) is 10.6 Å². The Labute approximate surface area is 158 Å². The van der Waals surface area contributed by atoms with Crippen molar-refractivity contribution in [2.24, 2.45) is 0 Å². The fourth-order valence-electron chi connectivity index (χ4n) is 2.25. The summed E-state index contributed by atoms with van der Waals surface area (Å²) in [6.45, 7) is 5.40. The standard InChI is InChI=1S/C18H19N3O3S2/c1-11-4-6-14(7-5-11)18-19-15(9-25-18)10-26(23)13(3)17(22)20-16-8-12(2)24-21-16/h4-9,13H,10H2,1-3H3,(H,20,21,22)/t13-,26-/m1/s1. The van der Waals surface area contributed by atoms with Gasteiger partial charge in [-0.2, -0.15) is 0 Å². The number of aryl methyl sites for hydroxylation is 2. The number of nitrogens with one attached hydrogen (secondary N) is 1. The molecule has 1 amide bonds. The maximum absolute atomic E-state index is 12.5. The smallest absolute Gasteiger partial charge is 0.241 e. The SMILES string of the molecule is Cc1ccc(-c2nc(C[S@@](=O)[C@H](C)C(=O)Nc3cc(C)on3)cs2)cc1. The minimum Gasteiger partial charge on any atom is -0.360 e. The highest BCUT2D eigenvalue weighted by Crippen LogP contribution is 2.25. The van der Waals surface area contributed by atoms with Gasteiger partial charge in [0, 0.05) is 27.8 Å². The molecule has 3 aromatic rings. The Morgan fingerprint density at radius 3 is 2.69 bits per heavy atom. The molecular formula is C18H19N3O3S2. The first-order valence-electron chi connectivity index (χ1n) is 8.05. The van der Waals surface area contributed by atoms with Crippen LogP contribution in [-0.4, -0.2) is 25.5 Å². The first-order valence-corrected chi connectivity index (χ1v) is 10.3. The van der Waals surface area contributed by atoms with Crippen molar-refractivity contribution in [3.63, 3.8) is 0 Å². The minimum atomic E-state index is -1.39. The lowest BCUT2D eigenvalue weighted by molar-refractivity contribution is -0.115. The van der Waals surface area contributed by atoms with Crippen LogP contribution in [0.4, 0.5) is 5.82 Å². The van der Waals surface area contributed by atoms with Crippen LogP contribution in [-0.2, 0) is 21.3 Å². The molecule has 1 N–H and O–H groups in total. The zero-order chi connectivity index (χ0) is 18.7. The molecule has 0 unspecified atom stereocenters. The Kier molecular flexibility index (Phi) is 5.63. The number of amides is 1. The second-order valence-electron chi connectivity index (χ2n) is 5.99. The Balaban J connectivity index is 1.62. The Hall–Kier alpha value is -2.32. The van der Waals surface area contributed by atoms with E-state index in [1.165, 1.54) is 16.9 Å². The van der Waals surface area contributed by atoms with E-state index in [4.69, 9.17) is 4.52 Å². The van der Waals surface area contributed by atoms with E-state index in [9.17, 15) is 9.00 Å². The van der Waals surface area contributed by atoms with Gasteiger partial charge in [0.1, 0.15) is 16.0 Å².